The summed E-state index contributed by atoms with van der Waals surface area (Å²) in [6.45, 7) is 1.61. The number of carboxylic acid groups (broad SMARTS) is 1. The van der Waals surface area contributed by atoms with Crippen LogP contribution >= 0.6 is 11.3 Å². The number of carbonyl (C=O) groups is 1. The highest BCUT2D eigenvalue weighted by Gasteiger charge is 2.20. The molecule has 2 N–H and O–H groups in total. The van der Waals surface area contributed by atoms with Gasteiger partial charge in [0.2, 0.25) is 0 Å². The van der Waals surface area contributed by atoms with Crippen molar-refractivity contribution in [2.24, 2.45) is 0 Å². The van der Waals surface area contributed by atoms with E-state index < -0.39 is 23.0 Å². The molecule has 6 nitrogen and oxygen atoms in total. The minimum atomic E-state index is -1.21. The van der Waals surface area contributed by atoms with Crippen molar-refractivity contribution in [1.29, 1.82) is 0 Å². The standard InChI is InChI=1S/C14H9FN2O4S/c1-6-9-10(11(22-6)13(19)20)16-14(21)17(12(9)18)8-4-2-7(15)3-5-8/h2-5H,1H3,(H,16,21)(H,19,20). The van der Waals surface area contributed by atoms with Crippen LogP contribution in [0.1, 0.15) is 14.5 Å². The van der Waals surface area contributed by atoms with Crippen molar-refractivity contribution >= 4 is 28.2 Å². The number of aryl methyl sites for hydroxylation is 1. The molecule has 0 bridgehead atoms. The van der Waals surface area contributed by atoms with E-state index in [0.717, 1.165) is 28.0 Å². The molecule has 0 unspecified atom stereocenters. The van der Waals surface area contributed by atoms with Crippen molar-refractivity contribution in [3.63, 3.8) is 0 Å². The van der Waals surface area contributed by atoms with Crippen LogP contribution in [-0.4, -0.2) is 20.6 Å². The van der Waals surface area contributed by atoms with E-state index in [-0.39, 0.29) is 21.5 Å². The summed E-state index contributed by atoms with van der Waals surface area (Å²) in [6.07, 6.45) is 0. The van der Waals surface area contributed by atoms with Gasteiger partial charge in [0.1, 0.15) is 10.7 Å². The van der Waals surface area contributed by atoms with Crippen LogP contribution in [0.2, 0.25) is 0 Å². The molecule has 0 saturated heterocycles. The van der Waals surface area contributed by atoms with Gasteiger partial charge in [-0.25, -0.2) is 18.5 Å². The lowest BCUT2D eigenvalue weighted by Crippen LogP contribution is -2.33. The van der Waals surface area contributed by atoms with Crippen molar-refractivity contribution in [2.75, 3.05) is 0 Å². The predicted octanol–water partition coefficient (Wildman–Crippen LogP) is 1.89. The summed E-state index contributed by atoms with van der Waals surface area (Å²) in [5.41, 5.74) is -1.18. The van der Waals surface area contributed by atoms with E-state index in [1.54, 1.807) is 6.92 Å². The lowest BCUT2D eigenvalue weighted by atomic mass is 10.2. The Morgan fingerprint density at radius 2 is 1.91 bits per heavy atom. The monoisotopic (exact) mass is 320 g/mol. The van der Waals surface area contributed by atoms with Gasteiger partial charge in [-0.15, -0.1) is 11.3 Å². The molecule has 1 aromatic carbocycles. The van der Waals surface area contributed by atoms with Gasteiger partial charge in [0.15, 0.2) is 0 Å². The summed E-state index contributed by atoms with van der Waals surface area (Å²) in [7, 11) is 0. The number of aromatic amines is 1. The van der Waals surface area contributed by atoms with Crippen LogP contribution in [0, 0.1) is 12.7 Å². The minimum Gasteiger partial charge on any atom is -0.477 e. The maximum atomic E-state index is 13.0. The van der Waals surface area contributed by atoms with E-state index in [1.165, 1.54) is 12.1 Å². The lowest BCUT2D eigenvalue weighted by Gasteiger charge is -2.05. The first-order valence-electron chi connectivity index (χ1n) is 6.18. The van der Waals surface area contributed by atoms with E-state index in [1.807, 2.05) is 0 Å². The van der Waals surface area contributed by atoms with Gasteiger partial charge in [0.25, 0.3) is 5.56 Å². The number of thiophene rings is 1. The van der Waals surface area contributed by atoms with E-state index in [9.17, 15) is 18.8 Å². The fourth-order valence-corrected chi connectivity index (χ4v) is 3.20. The Morgan fingerprint density at radius 1 is 1.27 bits per heavy atom. The van der Waals surface area contributed by atoms with Gasteiger partial charge in [-0.2, -0.15) is 0 Å². The quantitative estimate of drug-likeness (QED) is 0.754. The van der Waals surface area contributed by atoms with Crippen LogP contribution < -0.4 is 11.2 Å². The Bertz CT molecular complexity index is 1010. The number of aromatic nitrogens is 2. The maximum absolute atomic E-state index is 13.0. The van der Waals surface area contributed by atoms with E-state index in [2.05, 4.69) is 4.98 Å². The van der Waals surface area contributed by atoms with Gasteiger partial charge < -0.3 is 10.1 Å². The van der Waals surface area contributed by atoms with Crippen LogP contribution in [0.3, 0.4) is 0 Å². The van der Waals surface area contributed by atoms with Gasteiger partial charge in [-0.3, -0.25) is 4.79 Å². The molecule has 0 amide bonds. The average molecular weight is 320 g/mol. The van der Waals surface area contributed by atoms with Crippen molar-refractivity contribution in [3.8, 4) is 5.69 Å². The summed E-state index contributed by atoms with van der Waals surface area (Å²) in [6, 6.07) is 4.87. The first-order valence-corrected chi connectivity index (χ1v) is 6.99. The Balaban J connectivity index is 2.42. The van der Waals surface area contributed by atoms with Gasteiger partial charge in [-0.05, 0) is 31.2 Å². The molecule has 0 aliphatic rings. The Kier molecular flexibility index (Phi) is 3.18. The summed E-state index contributed by atoms with van der Waals surface area (Å²) in [5, 5.41) is 9.28. The largest absolute Gasteiger partial charge is 0.477 e. The first kappa shape index (κ1) is 14.2. The fraction of sp³-hybridized carbons (Fsp3) is 0.0714. The SMILES string of the molecule is Cc1sc(C(=O)O)c2[nH]c(=O)n(-c3ccc(F)cc3)c(=O)c12. The van der Waals surface area contributed by atoms with Gasteiger partial charge in [0.05, 0.1) is 16.6 Å². The topological polar surface area (TPSA) is 92.2 Å². The number of fused-ring (bicyclic) bond motifs is 1. The molecule has 0 aliphatic heterocycles. The molecule has 3 aromatic rings. The number of rotatable bonds is 2. The Morgan fingerprint density at radius 3 is 2.50 bits per heavy atom. The zero-order chi connectivity index (χ0) is 16.0. The van der Waals surface area contributed by atoms with Crippen molar-refractivity contribution in [2.45, 2.75) is 6.92 Å². The number of H-pyrrole nitrogens is 1. The van der Waals surface area contributed by atoms with Crippen LogP contribution in [0.4, 0.5) is 4.39 Å². The van der Waals surface area contributed by atoms with Gasteiger partial charge >= 0.3 is 11.7 Å². The number of carboxylic acids is 1. The number of halogens is 1. The summed E-state index contributed by atoms with van der Waals surface area (Å²) in [5.74, 6) is -1.70. The first-order chi connectivity index (χ1) is 10.4. The maximum Gasteiger partial charge on any atom is 0.348 e. The molecule has 0 spiro atoms. The molecular weight excluding hydrogens is 311 g/mol. The third-order valence-electron chi connectivity index (χ3n) is 3.22. The number of nitrogens with zero attached hydrogens (tertiary/aromatic N) is 1. The van der Waals surface area contributed by atoms with Crippen LogP contribution in [-0.2, 0) is 0 Å². The van der Waals surface area contributed by atoms with Crippen LogP contribution in [0.25, 0.3) is 16.6 Å². The molecule has 0 saturated carbocycles. The molecule has 2 aromatic heterocycles. The third kappa shape index (κ3) is 2.04. The van der Waals surface area contributed by atoms with Crippen molar-refractivity contribution in [3.05, 3.63) is 60.7 Å². The number of hydrogen-bond donors (Lipinski definition) is 2. The third-order valence-corrected chi connectivity index (χ3v) is 4.31. The van der Waals surface area contributed by atoms with E-state index in [4.69, 9.17) is 5.11 Å². The summed E-state index contributed by atoms with van der Waals surface area (Å²) < 4.78 is 13.8. The molecule has 0 aliphatic carbocycles. The second-order valence-corrected chi connectivity index (χ2v) is 5.81. The van der Waals surface area contributed by atoms with Gasteiger partial charge in [0, 0.05) is 4.88 Å². The second kappa shape index (κ2) is 4.92. The Hall–Kier alpha value is -2.74. The lowest BCUT2D eigenvalue weighted by molar-refractivity contribution is 0.0704. The van der Waals surface area contributed by atoms with Crippen molar-refractivity contribution in [1.82, 2.24) is 9.55 Å². The summed E-state index contributed by atoms with van der Waals surface area (Å²) in [4.78, 5) is 38.7. The fourth-order valence-electron chi connectivity index (χ4n) is 2.26. The zero-order valence-electron chi connectivity index (χ0n) is 11.2. The highest BCUT2D eigenvalue weighted by atomic mass is 32.1. The van der Waals surface area contributed by atoms with Crippen LogP contribution in [0.5, 0.6) is 0 Å². The molecule has 2 heterocycles. The predicted molar refractivity (Wildman–Crippen MR) is 79.7 cm³/mol. The van der Waals surface area contributed by atoms with Crippen molar-refractivity contribution < 1.29 is 14.3 Å². The van der Waals surface area contributed by atoms with Gasteiger partial charge in [-0.1, -0.05) is 0 Å². The normalized spacial score (nSPS) is 11.0. The molecule has 0 fully saturated rings. The number of hydrogen-bond acceptors (Lipinski definition) is 4. The van der Waals surface area contributed by atoms with E-state index >= 15 is 0 Å². The highest BCUT2D eigenvalue weighted by Crippen LogP contribution is 2.26. The molecule has 22 heavy (non-hydrogen) atoms. The van der Waals surface area contributed by atoms with Crippen LogP contribution in [0.15, 0.2) is 33.9 Å². The molecular formula is C14H9FN2O4S. The average Bonchev–Trinajstić information content (AvgIpc) is 2.78. The zero-order valence-corrected chi connectivity index (χ0v) is 12.0. The summed E-state index contributed by atoms with van der Waals surface area (Å²) >= 11 is 0.922. The number of nitrogens with one attached hydrogen (secondary N) is 1. The second-order valence-electron chi connectivity index (χ2n) is 4.59. The number of benzene rings is 1. The highest BCUT2D eigenvalue weighted by molar-refractivity contribution is 7.15. The molecule has 0 radical (unpaired) electrons. The Labute approximate surface area is 126 Å². The minimum absolute atomic E-state index is 0.0170. The number of aromatic carboxylic acids is 1. The molecule has 0 atom stereocenters. The molecule has 3 rings (SSSR count). The molecule has 112 valence electrons. The smallest absolute Gasteiger partial charge is 0.348 e. The molecule has 8 heteroatoms. The van der Waals surface area contributed by atoms with E-state index in [0.29, 0.717) is 4.88 Å².